The Bertz CT molecular complexity index is 1100. The molecule has 0 bridgehead atoms. The van der Waals surface area contributed by atoms with Crippen molar-refractivity contribution in [1.29, 1.82) is 0 Å². The van der Waals surface area contributed by atoms with Crippen LogP contribution in [0.15, 0.2) is 35.7 Å². The van der Waals surface area contributed by atoms with Crippen LogP contribution in [0, 0.1) is 17.8 Å². The Morgan fingerprint density at radius 2 is 1.25 bits per heavy atom. The normalized spacial score (nSPS) is 15.2. The average Bonchev–Trinajstić information content (AvgIpc) is 2.81. The Morgan fingerprint density at radius 3 is 1.70 bits per heavy atom. The zero-order chi connectivity index (χ0) is 30.6. The number of amides is 3. The highest BCUT2D eigenvalue weighted by atomic mass is 32.2. The number of carbonyl (C=O) groups excluding carboxylic acids is 3. The highest BCUT2D eigenvalue weighted by Crippen LogP contribution is 2.13. The second-order valence-electron chi connectivity index (χ2n) is 11.8. The molecular formula is C29H48N4O6S. The number of carbonyl (C=O) groups is 3. The molecule has 4 atom stereocenters. The van der Waals surface area contributed by atoms with Gasteiger partial charge in [0.15, 0.2) is 9.84 Å². The lowest BCUT2D eigenvalue weighted by Gasteiger charge is -2.27. The van der Waals surface area contributed by atoms with E-state index < -0.39 is 51.7 Å². The highest BCUT2D eigenvalue weighted by molar-refractivity contribution is 7.93. The molecule has 0 aromatic heterocycles. The molecule has 10 nitrogen and oxygen atoms in total. The van der Waals surface area contributed by atoms with Crippen LogP contribution in [-0.4, -0.2) is 61.7 Å². The number of hydrogen-bond donors (Lipinski definition) is 5. The van der Waals surface area contributed by atoms with Gasteiger partial charge in [0.25, 0.3) is 0 Å². The van der Waals surface area contributed by atoms with E-state index in [1.54, 1.807) is 12.1 Å². The predicted molar refractivity (Wildman–Crippen MR) is 158 cm³/mol. The number of nitrogens with two attached hydrogens (primary N) is 1. The fourth-order valence-corrected chi connectivity index (χ4v) is 4.63. The summed E-state index contributed by atoms with van der Waals surface area (Å²) in [7, 11) is -3.38. The summed E-state index contributed by atoms with van der Waals surface area (Å²) in [6.07, 6.45) is 3.97. The van der Waals surface area contributed by atoms with Crippen LogP contribution >= 0.6 is 0 Å². The fraction of sp³-hybridized carbons (Fsp3) is 0.621. The van der Waals surface area contributed by atoms with Crippen molar-refractivity contribution in [2.45, 2.75) is 91.4 Å². The molecule has 1 aromatic carbocycles. The van der Waals surface area contributed by atoms with Gasteiger partial charge in [-0.05, 0) is 61.1 Å². The van der Waals surface area contributed by atoms with Crippen molar-refractivity contribution in [3.63, 3.8) is 0 Å². The second-order valence-corrected chi connectivity index (χ2v) is 13.7. The number of aromatic hydroxyl groups is 1. The maximum Gasteiger partial charge on any atom is 0.243 e. The Morgan fingerprint density at radius 1 is 0.800 bits per heavy atom. The molecule has 1 rings (SSSR count). The summed E-state index contributed by atoms with van der Waals surface area (Å²) in [6, 6.07) is 3.14. The number of hydrogen-bond acceptors (Lipinski definition) is 7. The lowest BCUT2D eigenvalue weighted by molar-refractivity contribution is -0.133. The summed E-state index contributed by atoms with van der Waals surface area (Å²) in [6.45, 7) is 11.6. The fourth-order valence-electron chi connectivity index (χ4n) is 4.15. The molecule has 0 radical (unpaired) electrons. The molecule has 6 N–H and O–H groups in total. The molecular weight excluding hydrogens is 532 g/mol. The van der Waals surface area contributed by atoms with Gasteiger partial charge < -0.3 is 26.8 Å². The zero-order valence-electron chi connectivity index (χ0n) is 24.8. The molecule has 3 amide bonds. The van der Waals surface area contributed by atoms with Gasteiger partial charge in [-0.2, -0.15) is 0 Å². The first-order valence-electron chi connectivity index (χ1n) is 13.8. The highest BCUT2D eigenvalue weighted by Gasteiger charge is 2.30. The lowest BCUT2D eigenvalue weighted by atomic mass is 9.98. The third-order valence-electron chi connectivity index (χ3n) is 6.02. The Hall–Kier alpha value is -2.92. The van der Waals surface area contributed by atoms with Crippen molar-refractivity contribution < 1.29 is 27.9 Å². The van der Waals surface area contributed by atoms with E-state index in [9.17, 15) is 27.9 Å². The van der Waals surface area contributed by atoms with E-state index in [-0.39, 0.29) is 29.9 Å². The molecule has 0 heterocycles. The van der Waals surface area contributed by atoms with Crippen LogP contribution in [0.3, 0.4) is 0 Å². The molecule has 0 aliphatic rings. The molecule has 40 heavy (non-hydrogen) atoms. The molecule has 0 fully saturated rings. The SMILES string of the molecule is CC(C)CC(/C=C/S(C)(=O)=O)NC(=O)[C@H](CC(C)C)NC(=O)[C@H](CC(C)C)NC(=O)[C@@H](N)Cc1ccc(O)cc1. The minimum Gasteiger partial charge on any atom is -0.508 e. The van der Waals surface area contributed by atoms with Gasteiger partial charge >= 0.3 is 0 Å². The van der Waals surface area contributed by atoms with Crippen LogP contribution in [0.4, 0.5) is 0 Å². The topological polar surface area (TPSA) is 168 Å². The van der Waals surface area contributed by atoms with Crippen molar-refractivity contribution in [3.05, 3.63) is 41.3 Å². The maximum absolute atomic E-state index is 13.4. The van der Waals surface area contributed by atoms with E-state index in [0.717, 1.165) is 17.2 Å². The van der Waals surface area contributed by atoms with Crippen molar-refractivity contribution in [3.8, 4) is 5.75 Å². The van der Waals surface area contributed by atoms with E-state index in [4.69, 9.17) is 5.73 Å². The monoisotopic (exact) mass is 580 g/mol. The predicted octanol–water partition coefficient (Wildman–Crippen LogP) is 2.41. The first kappa shape index (κ1) is 35.1. The van der Waals surface area contributed by atoms with Gasteiger partial charge in [0.05, 0.1) is 6.04 Å². The minimum atomic E-state index is -3.38. The maximum atomic E-state index is 13.4. The summed E-state index contributed by atoms with van der Waals surface area (Å²) in [5.74, 6) is -0.985. The third-order valence-corrected chi connectivity index (χ3v) is 6.67. The van der Waals surface area contributed by atoms with Gasteiger partial charge in [-0.3, -0.25) is 14.4 Å². The van der Waals surface area contributed by atoms with Gasteiger partial charge in [-0.1, -0.05) is 59.8 Å². The molecule has 226 valence electrons. The summed E-state index contributed by atoms with van der Waals surface area (Å²) >= 11 is 0. The summed E-state index contributed by atoms with van der Waals surface area (Å²) in [5, 5.41) is 19.0. The number of phenolic OH excluding ortho intramolecular Hbond substituents is 1. The van der Waals surface area contributed by atoms with E-state index in [1.807, 2.05) is 41.5 Å². The van der Waals surface area contributed by atoms with Crippen LogP contribution in [0.1, 0.15) is 66.4 Å². The Balaban J connectivity index is 3.04. The number of sulfone groups is 1. The Kier molecular flexibility index (Phi) is 14.4. The van der Waals surface area contributed by atoms with Crippen LogP contribution in [-0.2, 0) is 30.6 Å². The molecule has 1 aromatic rings. The third kappa shape index (κ3) is 14.5. The van der Waals surface area contributed by atoms with E-state index in [2.05, 4.69) is 16.0 Å². The van der Waals surface area contributed by atoms with Gasteiger partial charge in [-0.25, -0.2) is 8.42 Å². The number of phenols is 1. The molecule has 0 spiro atoms. The number of nitrogens with one attached hydrogen (secondary N) is 3. The van der Waals surface area contributed by atoms with E-state index in [0.29, 0.717) is 19.3 Å². The van der Waals surface area contributed by atoms with Crippen LogP contribution in [0.25, 0.3) is 0 Å². The molecule has 0 saturated heterocycles. The lowest BCUT2D eigenvalue weighted by Crippen LogP contribution is -2.57. The molecule has 1 unspecified atom stereocenters. The van der Waals surface area contributed by atoms with Crippen molar-refractivity contribution >= 4 is 27.6 Å². The van der Waals surface area contributed by atoms with Gasteiger partial charge in [0.1, 0.15) is 17.8 Å². The minimum absolute atomic E-state index is 0.0679. The Labute approximate surface area is 239 Å². The quantitative estimate of drug-likeness (QED) is 0.200. The van der Waals surface area contributed by atoms with Gasteiger partial charge in [0.2, 0.25) is 17.7 Å². The largest absolute Gasteiger partial charge is 0.508 e. The van der Waals surface area contributed by atoms with Crippen LogP contribution < -0.4 is 21.7 Å². The van der Waals surface area contributed by atoms with E-state index >= 15 is 0 Å². The molecule has 11 heteroatoms. The number of benzene rings is 1. The second kappa shape index (κ2) is 16.4. The summed E-state index contributed by atoms with van der Waals surface area (Å²) < 4.78 is 23.3. The zero-order valence-corrected chi connectivity index (χ0v) is 25.6. The first-order chi connectivity index (χ1) is 18.5. The average molecular weight is 581 g/mol. The van der Waals surface area contributed by atoms with E-state index in [1.165, 1.54) is 18.2 Å². The van der Waals surface area contributed by atoms with Gasteiger partial charge in [-0.15, -0.1) is 0 Å². The summed E-state index contributed by atoms with van der Waals surface area (Å²) in [5.41, 5.74) is 6.88. The van der Waals surface area contributed by atoms with Crippen molar-refractivity contribution in [1.82, 2.24) is 16.0 Å². The van der Waals surface area contributed by atoms with Crippen molar-refractivity contribution in [2.24, 2.45) is 23.5 Å². The molecule has 0 saturated carbocycles. The standard InChI is InChI=1S/C29H48N4O6S/c1-18(2)14-22(12-13-40(7,38)39)31-28(36)25(15-19(3)4)33-29(37)26(16-20(5)6)32-27(35)24(30)17-21-8-10-23(34)11-9-21/h8-13,18-20,22,24-26,34H,14-17,30H2,1-7H3,(H,31,36)(H,32,35)(H,33,37)/b13-12+/t22?,24-,25-,26-/m0/s1. The van der Waals surface area contributed by atoms with Crippen molar-refractivity contribution in [2.75, 3.05) is 6.26 Å². The first-order valence-corrected chi connectivity index (χ1v) is 15.7. The summed E-state index contributed by atoms with van der Waals surface area (Å²) in [4.78, 5) is 39.6. The smallest absolute Gasteiger partial charge is 0.243 e. The van der Waals surface area contributed by atoms with Gasteiger partial charge in [0, 0.05) is 17.7 Å². The molecule has 0 aliphatic heterocycles. The molecule has 0 aliphatic carbocycles. The number of rotatable bonds is 16. The van der Waals surface area contributed by atoms with Crippen LogP contribution in [0.2, 0.25) is 0 Å². The van der Waals surface area contributed by atoms with Crippen LogP contribution in [0.5, 0.6) is 5.75 Å².